The van der Waals surface area contributed by atoms with Gasteiger partial charge in [-0.15, -0.1) is 0 Å². The van der Waals surface area contributed by atoms with E-state index >= 15 is 0 Å². The van der Waals surface area contributed by atoms with Crippen molar-refractivity contribution in [2.75, 3.05) is 0 Å². The molecule has 1 aromatic carbocycles. The zero-order valence-electron chi connectivity index (χ0n) is 7.22. The molecule has 0 amide bonds. The predicted octanol–water partition coefficient (Wildman–Crippen LogP) is 3.45. The summed E-state index contributed by atoms with van der Waals surface area (Å²) in [5.41, 5.74) is 0.893. The van der Waals surface area contributed by atoms with Crippen molar-refractivity contribution in [1.29, 1.82) is 0 Å². The van der Waals surface area contributed by atoms with Gasteiger partial charge in [0.15, 0.2) is 5.82 Å². The maximum absolute atomic E-state index is 13.4. The highest BCUT2D eigenvalue weighted by molar-refractivity contribution is 6.31. The number of halogens is 2. The molecule has 3 heteroatoms. The SMILES string of the molecule is CCn1ccc2c(F)c(Cl)ccc21. The molecule has 0 saturated carbocycles. The highest BCUT2D eigenvalue weighted by Crippen LogP contribution is 2.25. The molecule has 0 bridgehead atoms. The fourth-order valence-electron chi connectivity index (χ4n) is 1.49. The van der Waals surface area contributed by atoms with Crippen LogP contribution in [0.25, 0.3) is 10.9 Å². The smallest absolute Gasteiger partial charge is 0.151 e. The number of aryl methyl sites for hydroxylation is 1. The lowest BCUT2D eigenvalue weighted by Crippen LogP contribution is -1.90. The predicted molar refractivity (Wildman–Crippen MR) is 52.6 cm³/mol. The van der Waals surface area contributed by atoms with Gasteiger partial charge in [0.05, 0.1) is 10.5 Å². The molecule has 0 aliphatic heterocycles. The Balaban J connectivity index is 2.81. The molecular formula is C10H9ClFN. The van der Waals surface area contributed by atoms with Gasteiger partial charge in [-0.05, 0) is 25.1 Å². The van der Waals surface area contributed by atoms with Crippen molar-refractivity contribution in [3.05, 3.63) is 35.2 Å². The molecule has 0 unspecified atom stereocenters. The van der Waals surface area contributed by atoms with Crippen LogP contribution in [0.15, 0.2) is 24.4 Å². The highest BCUT2D eigenvalue weighted by Gasteiger charge is 2.07. The van der Waals surface area contributed by atoms with Crippen molar-refractivity contribution < 1.29 is 4.39 Å². The van der Waals surface area contributed by atoms with Gasteiger partial charge in [-0.2, -0.15) is 0 Å². The Hall–Kier alpha value is -1.02. The van der Waals surface area contributed by atoms with Crippen molar-refractivity contribution in [3.63, 3.8) is 0 Å². The molecule has 2 rings (SSSR count). The molecule has 1 nitrogen and oxygen atoms in total. The minimum atomic E-state index is -0.327. The topological polar surface area (TPSA) is 4.93 Å². The summed E-state index contributed by atoms with van der Waals surface area (Å²) in [4.78, 5) is 0. The van der Waals surface area contributed by atoms with E-state index in [-0.39, 0.29) is 10.8 Å². The normalized spacial score (nSPS) is 11.0. The molecule has 0 atom stereocenters. The van der Waals surface area contributed by atoms with E-state index in [0.717, 1.165) is 12.1 Å². The largest absolute Gasteiger partial charge is 0.348 e. The first-order chi connectivity index (χ1) is 6.24. The molecule has 1 heterocycles. The van der Waals surface area contributed by atoms with Crippen molar-refractivity contribution in [2.24, 2.45) is 0 Å². The monoisotopic (exact) mass is 197 g/mol. The van der Waals surface area contributed by atoms with E-state index in [2.05, 4.69) is 0 Å². The molecule has 0 saturated heterocycles. The van der Waals surface area contributed by atoms with Crippen LogP contribution in [-0.2, 0) is 6.54 Å². The summed E-state index contributed by atoms with van der Waals surface area (Å²) in [5.74, 6) is -0.327. The van der Waals surface area contributed by atoms with Gasteiger partial charge in [0.25, 0.3) is 0 Å². The fraction of sp³-hybridized carbons (Fsp3) is 0.200. The Morgan fingerprint density at radius 2 is 2.15 bits per heavy atom. The van der Waals surface area contributed by atoms with Gasteiger partial charge < -0.3 is 4.57 Å². The molecule has 0 spiro atoms. The number of rotatable bonds is 1. The van der Waals surface area contributed by atoms with Gasteiger partial charge in [-0.3, -0.25) is 0 Å². The molecule has 0 aliphatic carbocycles. The van der Waals surface area contributed by atoms with E-state index < -0.39 is 0 Å². The number of nitrogens with zero attached hydrogens (tertiary/aromatic N) is 1. The average molecular weight is 198 g/mol. The number of benzene rings is 1. The van der Waals surface area contributed by atoms with Crippen molar-refractivity contribution in [2.45, 2.75) is 13.5 Å². The van der Waals surface area contributed by atoms with Crippen molar-refractivity contribution in [3.8, 4) is 0 Å². The van der Waals surface area contributed by atoms with E-state index in [4.69, 9.17) is 11.6 Å². The Labute approximate surface area is 80.7 Å². The van der Waals surface area contributed by atoms with Crippen LogP contribution >= 0.6 is 11.6 Å². The Kier molecular flexibility index (Phi) is 2.00. The van der Waals surface area contributed by atoms with Crippen LogP contribution in [0.4, 0.5) is 4.39 Å². The Morgan fingerprint density at radius 1 is 1.38 bits per heavy atom. The lowest BCUT2D eigenvalue weighted by Gasteiger charge is -2.01. The van der Waals surface area contributed by atoms with Gasteiger partial charge in [0.2, 0.25) is 0 Å². The zero-order valence-corrected chi connectivity index (χ0v) is 7.98. The number of aromatic nitrogens is 1. The van der Waals surface area contributed by atoms with Crippen LogP contribution < -0.4 is 0 Å². The minimum absolute atomic E-state index is 0.182. The fourth-order valence-corrected chi connectivity index (χ4v) is 1.65. The lowest BCUT2D eigenvalue weighted by molar-refractivity contribution is 0.640. The number of hydrogen-bond acceptors (Lipinski definition) is 0. The van der Waals surface area contributed by atoms with Crippen LogP contribution in [0, 0.1) is 5.82 Å². The number of hydrogen-bond donors (Lipinski definition) is 0. The van der Waals surface area contributed by atoms with Crippen molar-refractivity contribution >= 4 is 22.5 Å². The molecule has 0 N–H and O–H groups in total. The summed E-state index contributed by atoms with van der Waals surface area (Å²) in [5, 5.41) is 0.774. The second-order valence-corrected chi connectivity index (χ2v) is 3.30. The Morgan fingerprint density at radius 3 is 2.85 bits per heavy atom. The van der Waals surface area contributed by atoms with Gasteiger partial charge in [-0.25, -0.2) is 4.39 Å². The molecule has 0 fully saturated rings. The quantitative estimate of drug-likeness (QED) is 0.660. The molecule has 68 valence electrons. The second-order valence-electron chi connectivity index (χ2n) is 2.90. The van der Waals surface area contributed by atoms with Crippen LogP contribution in [0.1, 0.15) is 6.92 Å². The van der Waals surface area contributed by atoms with Crippen LogP contribution in [0.3, 0.4) is 0 Å². The van der Waals surface area contributed by atoms with Crippen LogP contribution in [-0.4, -0.2) is 4.57 Å². The summed E-state index contributed by atoms with van der Waals surface area (Å²) in [6.07, 6.45) is 1.87. The van der Waals surface area contributed by atoms with E-state index in [1.807, 2.05) is 23.8 Å². The van der Waals surface area contributed by atoms with Gasteiger partial charge in [0, 0.05) is 18.1 Å². The molecule has 2 aromatic rings. The van der Waals surface area contributed by atoms with Crippen molar-refractivity contribution in [1.82, 2.24) is 4.57 Å². The Bertz CT molecular complexity index is 447. The lowest BCUT2D eigenvalue weighted by atomic mass is 10.2. The molecule has 0 aliphatic rings. The summed E-state index contributed by atoms with van der Waals surface area (Å²) >= 11 is 5.66. The number of fused-ring (bicyclic) bond motifs is 1. The van der Waals surface area contributed by atoms with Crippen LogP contribution in [0.2, 0.25) is 5.02 Å². The van der Waals surface area contributed by atoms with Gasteiger partial charge >= 0.3 is 0 Å². The maximum atomic E-state index is 13.4. The minimum Gasteiger partial charge on any atom is -0.348 e. The van der Waals surface area contributed by atoms with Gasteiger partial charge in [0.1, 0.15) is 0 Å². The third-order valence-corrected chi connectivity index (χ3v) is 2.47. The molecular weight excluding hydrogens is 189 g/mol. The summed E-state index contributed by atoms with van der Waals surface area (Å²) < 4.78 is 15.4. The molecule has 13 heavy (non-hydrogen) atoms. The van der Waals surface area contributed by atoms with E-state index in [0.29, 0.717) is 5.39 Å². The summed E-state index contributed by atoms with van der Waals surface area (Å²) in [6.45, 7) is 2.86. The summed E-state index contributed by atoms with van der Waals surface area (Å²) in [6, 6.07) is 5.18. The van der Waals surface area contributed by atoms with Crippen LogP contribution in [0.5, 0.6) is 0 Å². The second kappa shape index (κ2) is 3.04. The highest BCUT2D eigenvalue weighted by atomic mass is 35.5. The maximum Gasteiger partial charge on any atom is 0.151 e. The van der Waals surface area contributed by atoms with E-state index in [9.17, 15) is 4.39 Å². The average Bonchev–Trinajstić information content (AvgIpc) is 2.55. The van der Waals surface area contributed by atoms with E-state index in [1.54, 1.807) is 12.1 Å². The standard InChI is InChI=1S/C10H9ClFN/c1-2-13-6-5-7-9(13)4-3-8(11)10(7)12/h3-6H,2H2,1H3. The molecule has 0 radical (unpaired) electrons. The third-order valence-electron chi connectivity index (χ3n) is 2.18. The van der Waals surface area contributed by atoms with E-state index in [1.165, 1.54) is 0 Å². The molecule has 1 aromatic heterocycles. The van der Waals surface area contributed by atoms with Gasteiger partial charge in [-0.1, -0.05) is 11.6 Å². The first-order valence-corrected chi connectivity index (χ1v) is 4.54. The zero-order chi connectivity index (χ0) is 9.42. The first kappa shape index (κ1) is 8.57. The summed E-state index contributed by atoms with van der Waals surface area (Å²) in [7, 11) is 0. The third kappa shape index (κ3) is 1.22. The first-order valence-electron chi connectivity index (χ1n) is 4.17.